The van der Waals surface area contributed by atoms with E-state index in [-0.39, 0.29) is 0 Å². The third kappa shape index (κ3) is 3.51. The summed E-state index contributed by atoms with van der Waals surface area (Å²) in [5.74, 6) is 2.96. The maximum Gasteiger partial charge on any atom is 0.135 e. The monoisotopic (exact) mass is 400 g/mol. The molecule has 5 heterocycles. The average molecular weight is 401 g/mol. The van der Waals surface area contributed by atoms with E-state index >= 15 is 0 Å². The summed E-state index contributed by atoms with van der Waals surface area (Å²) in [5.41, 5.74) is 6.93. The highest BCUT2D eigenvalue weighted by Gasteiger charge is 2.22. The van der Waals surface area contributed by atoms with Crippen LogP contribution in [0.1, 0.15) is 41.2 Å². The summed E-state index contributed by atoms with van der Waals surface area (Å²) in [6.07, 6.45) is 7.44. The van der Waals surface area contributed by atoms with Gasteiger partial charge in [0.1, 0.15) is 17.5 Å². The second-order valence-electron chi connectivity index (χ2n) is 8.41. The molecule has 1 fully saturated rings. The Balaban J connectivity index is 1.41. The van der Waals surface area contributed by atoms with Crippen molar-refractivity contribution in [2.24, 2.45) is 0 Å². The molecule has 154 valence electrons. The van der Waals surface area contributed by atoms with Crippen LogP contribution >= 0.6 is 0 Å². The minimum absolute atomic E-state index is 0.826. The van der Waals surface area contributed by atoms with Gasteiger partial charge in [0, 0.05) is 73.1 Å². The summed E-state index contributed by atoms with van der Waals surface area (Å²) < 4.78 is 0. The van der Waals surface area contributed by atoms with Gasteiger partial charge in [0.05, 0.1) is 0 Å². The Morgan fingerprint density at radius 1 is 0.833 bits per heavy atom. The van der Waals surface area contributed by atoms with Crippen molar-refractivity contribution in [1.82, 2.24) is 19.9 Å². The lowest BCUT2D eigenvalue weighted by Crippen LogP contribution is -2.32. The second kappa shape index (κ2) is 7.67. The minimum Gasteiger partial charge on any atom is -0.357 e. The fraction of sp³-hybridized carbons (Fsp3) is 0.417. The van der Waals surface area contributed by atoms with Crippen molar-refractivity contribution in [3.63, 3.8) is 0 Å². The van der Waals surface area contributed by atoms with Crippen molar-refractivity contribution in [2.45, 2.75) is 46.6 Å². The predicted octanol–water partition coefficient (Wildman–Crippen LogP) is 4.02. The molecule has 2 aliphatic heterocycles. The molecule has 0 unspecified atom stereocenters. The normalized spacial score (nSPS) is 16.1. The Bertz CT molecular complexity index is 1070. The number of nitrogens with zero attached hydrogens (tertiary/aromatic N) is 6. The van der Waals surface area contributed by atoms with Gasteiger partial charge in [-0.25, -0.2) is 15.0 Å². The summed E-state index contributed by atoms with van der Waals surface area (Å²) in [5, 5.41) is 0. The standard InChI is InChI=1S/C24H28N6/c1-16-17(2)27-18(3)28-24(16)30-11-8-22-21(15-30)12-20(14-25-22)19-6-7-23(26-13-19)29-9-4-5-10-29/h6-7,12-14H,4-5,8-11,15H2,1-3H3. The highest BCUT2D eigenvalue weighted by Crippen LogP contribution is 2.29. The van der Waals surface area contributed by atoms with E-state index in [1.54, 1.807) is 0 Å². The van der Waals surface area contributed by atoms with Crippen LogP contribution in [0.15, 0.2) is 30.6 Å². The van der Waals surface area contributed by atoms with Gasteiger partial charge in [0.2, 0.25) is 0 Å². The van der Waals surface area contributed by atoms with Crippen molar-refractivity contribution in [2.75, 3.05) is 29.4 Å². The lowest BCUT2D eigenvalue weighted by molar-refractivity contribution is 0.696. The molecule has 0 N–H and O–H groups in total. The van der Waals surface area contributed by atoms with Crippen molar-refractivity contribution in [1.29, 1.82) is 0 Å². The summed E-state index contributed by atoms with van der Waals surface area (Å²) in [6, 6.07) is 6.59. The number of fused-ring (bicyclic) bond motifs is 1. The second-order valence-corrected chi connectivity index (χ2v) is 8.41. The first kappa shape index (κ1) is 19.0. The summed E-state index contributed by atoms with van der Waals surface area (Å²) >= 11 is 0. The zero-order valence-electron chi connectivity index (χ0n) is 18.0. The number of aromatic nitrogens is 4. The van der Waals surface area contributed by atoms with Crippen LogP contribution in [0.5, 0.6) is 0 Å². The molecular weight excluding hydrogens is 372 g/mol. The zero-order valence-corrected chi connectivity index (χ0v) is 18.0. The first-order chi connectivity index (χ1) is 14.6. The van der Waals surface area contributed by atoms with Crippen LogP contribution in [0, 0.1) is 20.8 Å². The zero-order chi connectivity index (χ0) is 20.7. The summed E-state index contributed by atoms with van der Waals surface area (Å²) in [6.45, 7) is 10.1. The van der Waals surface area contributed by atoms with Gasteiger partial charge in [0.25, 0.3) is 0 Å². The van der Waals surface area contributed by atoms with Crippen molar-refractivity contribution in [3.05, 3.63) is 58.9 Å². The average Bonchev–Trinajstić information content (AvgIpc) is 3.30. The van der Waals surface area contributed by atoms with E-state index in [0.717, 1.165) is 72.4 Å². The fourth-order valence-corrected chi connectivity index (χ4v) is 4.51. The van der Waals surface area contributed by atoms with Crippen LogP contribution in [0.25, 0.3) is 11.1 Å². The highest BCUT2D eigenvalue weighted by molar-refractivity contribution is 5.65. The fourth-order valence-electron chi connectivity index (χ4n) is 4.51. The Labute approximate surface area is 178 Å². The first-order valence-electron chi connectivity index (χ1n) is 10.8. The van der Waals surface area contributed by atoms with Crippen LogP contribution in [-0.2, 0) is 13.0 Å². The van der Waals surface area contributed by atoms with Crippen molar-refractivity contribution >= 4 is 11.6 Å². The predicted molar refractivity (Wildman–Crippen MR) is 120 cm³/mol. The van der Waals surface area contributed by atoms with Gasteiger partial charge in [-0.2, -0.15) is 0 Å². The van der Waals surface area contributed by atoms with Gasteiger partial charge in [0.15, 0.2) is 0 Å². The van der Waals surface area contributed by atoms with E-state index in [0.29, 0.717) is 0 Å². The van der Waals surface area contributed by atoms with Crippen molar-refractivity contribution < 1.29 is 0 Å². The molecule has 0 spiro atoms. The smallest absolute Gasteiger partial charge is 0.135 e. The molecule has 0 atom stereocenters. The molecule has 5 rings (SSSR count). The van der Waals surface area contributed by atoms with E-state index in [9.17, 15) is 0 Å². The van der Waals surface area contributed by atoms with Crippen molar-refractivity contribution in [3.8, 4) is 11.1 Å². The highest BCUT2D eigenvalue weighted by atomic mass is 15.2. The molecule has 0 radical (unpaired) electrons. The molecule has 1 saturated heterocycles. The third-order valence-electron chi connectivity index (χ3n) is 6.33. The number of anilines is 2. The van der Waals surface area contributed by atoms with E-state index in [1.165, 1.54) is 24.1 Å². The van der Waals surface area contributed by atoms with Crippen LogP contribution in [0.2, 0.25) is 0 Å². The molecule has 0 bridgehead atoms. The molecule has 0 aliphatic carbocycles. The van der Waals surface area contributed by atoms with Crippen LogP contribution < -0.4 is 9.80 Å². The van der Waals surface area contributed by atoms with E-state index in [2.05, 4.69) is 46.8 Å². The van der Waals surface area contributed by atoms with Crippen LogP contribution in [0.3, 0.4) is 0 Å². The van der Waals surface area contributed by atoms with Gasteiger partial charge >= 0.3 is 0 Å². The maximum atomic E-state index is 4.78. The third-order valence-corrected chi connectivity index (χ3v) is 6.33. The molecule has 3 aromatic heterocycles. The SMILES string of the molecule is Cc1nc(C)c(C)c(N2CCc3ncc(-c4ccc(N5CCCC5)nc4)cc3C2)n1. The summed E-state index contributed by atoms with van der Waals surface area (Å²) in [7, 11) is 0. The van der Waals surface area contributed by atoms with E-state index < -0.39 is 0 Å². The number of pyridine rings is 2. The topological polar surface area (TPSA) is 58.0 Å². The quantitative estimate of drug-likeness (QED) is 0.662. The van der Waals surface area contributed by atoms with Crippen LogP contribution in [-0.4, -0.2) is 39.6 Å². The van der Waals surface area contributed by atoms with Gasteiger partial charge in [-0.15, -0.1) is 0 Å². The molecular formula is C24H28N6. The number of rotatable bonds is 3. The number of hydrogen-bond acceptors (Lipinski definition) is 6. The van der Waals surface area contributed by atoms with Gasteiger partial charge in [-0.05, 0) is 57.4 Å². The molecule has 30 heavy (non-hydrogen) atoms. The number of hydrogen-bond donors (Lipinski definition) is 0. The van der Waals surface area contributed by atoms with E-state index in [1.807, 2.05) is 19.3 Å². The molecule has 0 aromatic carbocycles. The number of aryl methyl sites for hydroxylation is 2. The Hall–Kier alpha value is -3.02. The Kier molecular flexibility index (Phi) is 4.85. The van der Waals surface area contributed by atoms with E-state index in [4.69, 9.17) is 15.0 Å². The molecule has 6 nitrogen and oxygen atoms in total. The van der Waals surface area contributed by atoms with Crippen LogP contribution in [0.4, 0.5) is 11.6 Å². The minimum atomic E-state index is 0.826. The molecule has 3 aromatic rings. The largest absolute Gasteiger partial charge is 0.357 e. The van der Waals surface area contributed by atoms with Gasteiger partial charge in [-0.3, -0.25) is 4.98 Å². The Morgan fingerprint density at radius 3 is 2.40 bits per heavy atom. The molecule has 0 amide bonds. The molecule has 2 aliphatic rings. The molecule has 0 saturated carbocycles. The lowest BCUT2D eigenvalue weighted by atomic mass is 10.0. The van der Waals surface area contributed by atoms with Gasteiger partial charge in [-0.1, -0.05) is 0 Å². The molecule has 6 heteroatoms. The lowest BCUT2D eigenvalue weighted by Gasteiger charge is -2.31. The summed E-state index contributed by atoms with van der Waals surface area (Å²) in [4.78, 5) is 23.5. The maximum absolute atomic E-state index is 4.78. The van der Waals surface area contributed by atoms with Gasteiger partial charge < -0.3 is 9.80 Å². The Morgan fingerprint density at radius 2 is 1.63 bits per heavy atom. The first-order valence-corrected chi connectivity index (χ1v) is 10.8.